The molecule has 0 radical (unpaired) electrons. The van der Waals surface area contributed by atoms with Crippen LogP contribution in [0, 0.1) is 5.41 Å². The van der Waals surface area contributed by atoms with Gasteiger partial charge in [-0.05, 0) is 19.1 Å². The normalized spacial score (nSPS) is 9.67. The van der Waals surface area contributed by atoms with Crippen molar-refractivity contribution in [2.45, 2.75) is 11.8 Å². The minimum atomic E-state index is -3.51. The summed E-state index contributed by atoms with van der Waals surface area (Å²) in [6, 6.07) is 8.08. The molecule has 0 bridgehead atoms. The lowest BCUT2D eigenvalue weighted by molar-refractivity contribution is 0.338. The second-order valence-corrected chi connectivity index (χ2v) is 3.89. The molecule has 1 N–H and O–H groups in total. The van der Waals surface area contributed by atoms with Crippen LogP contribution in [0.25, 0.3) is 0 Å². The molecule has 6 heteroatoms. The highest BCUT2D eigenvalue weighted by molar-refractivity contribution is 7.86. The fourth-order valence-corrected chi connectivity index (χ4v) is 1.75. The minimum absolute atomic E-state index is 0.164. The summed E-state index contributed by atoms with van der Waals surface area (Å²) in [7, 11) is -3.51. The zero-order chi connectivity index (χ0) is 11.7. The maximum Gasteiger partial charge on any atom is 0.296 e. The van der Waals surface area contributed by atoms with E-state index in [2.05, 4.69) is 4.18 Å². The van der Waals surface area contributed by atoms with Crippen LogP contribution in [-0.2, 0) is 19.1 Å². The molecule has 0 amide bonds. The zero-order valence-corrected chi connectivity index (χ0v) is 8.95. The third kappa shape index (κ3) is 5.07. The zero-order valence-electron chi connectivity index (χ0n) is 8.14. The van der Waals surface area contributed by atoms with Crippen molar-refractivity contribution >= 4 is 16.2 Å². The van der Waals surface area contributed by atoms with Crippen LogP contribution in [0.5, 0.6) is 0 Å². The average Bonchev–Trinajstić information content (AvgIpc) is 2.20. The number of carbonyl (C=O) groups excluding carboxylic acids is 1. The van der Waals surface area contributed by atoms with Crippen LogP contribution >= 0.6 is 0 Å². The third-order valence-electron chi connectivity index (χ3n) is 1.30. The maximum absolute atomic E-state index is 11.2. The summed E-state index contributed by atoms with van der Waals surface area (Å²) in [5.41, 5.74) is 0. The monoisotopic (exact) mass is 229 g/mol. The Morgan fingerprint density at radius 1 is 1.33 bits per heavy atom. The van der Waals surface area contributed by atoms with Crippen molar-refractivity contribution in [2.75, 3.05) is 6.61 Å². The fraction of sp³-hybridized carbons (Fsp3) is 0.222. The van der Waals surface area contributed by atoms with Gasteiger partial charge in [0, 0.05) is 0 Å². The van der Waals surface area contributed by atoms with Crippen LogP contribution in [0.15, 0.2) is 35.2 Å². The summed E-state index contributed by atoms with van der Waals surface area (Å²) in [5, 5.41) is 5.40. The van der Waals surface area contributed by atoms with E-state index in [-0.39, 0.29) is 11.5 Å². The number of benzene rings is 1. The Morgan fingerprint density at radius 3 is 2.20 bits per heavy atom. The van der Waals surface area contributed by atoms with Crippen molar-refractivity contribution in [1.82, 2.24) is 0 Å². The second-order valence-electron chi connectivity index (χ2n) is 2.28. The Morgan fingerprint density at radius 2 is 1.80 bits per heavy atom. The van der Waals surface area contributed by atoms with Gasteiger partial charge in [-0.2, -0.15) is 8.42 Å². The molecule has 1 aromatic carbocycles. The van der Waals surface area contributed by atoms with E-state index >= 15 is 0 Å². The van der Waals surface area contributed by atoms with Crippen molar-refractivity contribution in [1.29, 1.82) is 5.41 Å². The standard InChI is InChI=1S/C8H10O3S.CHNO/c1-2-11-12(9,10)8-6-4-3-5-7-8;2-1-3/h3-7H,2H2,1H3;2H. The Bertz CT molecular complexity index is 407. The van der Waals surface area contributed by atoms with Crippen molar-refractivity contribution in [3.05, 3.63) is 30.3 Å². The summed E-state index contributed by atoms with van der Waals surface area (Å²) in [4.78, 5) is 8.55. The lowest BCUT2D eigenvalue weighted by Gasteiger charge is -2.01. The quantitative estimate of drug-likeness (QED) is 0.481. The molecule has 0 heterocycles. The van der Waals surface area contributed by atoms with E-state index in [1.54, 1.807) is 25.1 Å². The molecule has 1 aromatic rings. The van der Waals surface area contributed by atoms with Crippen LogP contribution in [0.3, 0.4) is 0 Å². The Balaban J connectivity index is 0.000000583. The third-order valence-corrected chi connectivity index (χ3v) is 2.70. The molecule has 0 aromatic heterocycles. The Kier molecular flexibility index (Phi) is 6.21. The molecule has 0 aliphatic rings. The van der Waals surface area contributed by atoms with E-state index in [0.29, 0.717) is 0 Å². The molecule has 0 aliphatic carbocycles. The van der Waals surface area contributed by atoms with E-state index in [1.807, 2.05) is 0 Å². The van der Waals surface area contributed by atoms with Gasteiger partial charge < -0.3 is 0 Å². The first kappa shape index (κ1) is 13.5. The summed E-state index contributed by atoms with van der Waals surface area (Å²) < 4.78 is 27.0. The molecule has 0 fully saturated rings. The van der Waals surface area contributed by atoms with Crippen LogP contribution < -0.4 is 0 Å². The lowest BCUT2D eigenvalue weighted by Crippen LogP contribution is -2.05. The number of hydrogen-bond donors (Lipinski definition) is 1. The average molecular weight is 229 g/mol. The van der Waals surface area contributed by atoms with Gasteiger partial charge in [0.15, 0.2) is 0 Å². The molecule has 1 rings (SSSR count). The lowest BCUT2D eigenvalue weighted by atomic mass is 10.4. The number of isocyanates is 1. The van der Waals surface area contributed by atoms with Gasteiger partial charge in [0.25, 0.3) is 10.1 Å². The predicted molar refractivity (Wildman–Crippen MR) is 53.7 cm³/mol. The largest absolute Gasteiger partial charge is 0.296 e. The van der Waals surface area contributed by atoms with E-state index in [9.17, 15) is 8.42 Å². The van der Waals surface area contributed by atoms with E-state index < -0.39 is 10.1 Å². The van der Waals surface area contributed by atoms with Gasteiger partial charge in [-0.25, -0.2) is 10.2 Å². The van der Waals surface area contributed by atoms with Crippen LogP contribution in [0.2, 0.25) is 0 Å². The van der Waals surface area contributed by atoms with Gasteiger partial charge in [0.1, 0.15) is 0 Å². The molecule has 5 nitrogen and oxygen atoms in total. The minimum Gasteiger partial charge on any atom is -0.267 e. The fourth-order valence-electron chi connectivity index (χ4n) is 0.810. The SMILES string of the molecule is CCOS(=O)(=O)c1ccccc1.N=C=O. The second kappa shape index (κ2) is 6.89. The molecule has 0 aliphatic heterocycles. The molecule has 0 spiro atoms. The predicted octanol–water partition coefficient (Wildman–Crippen LogP) is 1.31. The molecule has 0 atom stereocenters. The highest BCUT2D eigenvalue weighted by Gasteiger charge is 2.11. The number of hydrogen-bond acceptors (Lipinski definition) is 5. The van der Waals surface area contributed by atoms with E-state index in [0.717, 1.165) is 6.08 Å². The topological polar surface area (TPSA) is 84.3 Å². The Hall–Kier alpha value is -1.49. The maximum atomic E-state index is 11.2. The smallest absolute Gasteiger partial charge is 0.267 e. The number of nitrogens with one attached hydrogen (secondary N) is 1. The first-order chi connectivity index (χ1) is 7.08. The molecular formula is C9H11NO4S. The van der Waals surface area contributed by atoms with Crippen molar-refractivity contribution < 1.29 is 17.4 Å². The van der Waals surface area contributed by atoms with Crippen LogP contribution in [-0.4, -0.2) is 21.1 Å². The van der Waals surface area contributed by atoms with Crippen LogP contribution in [0.1, 0.15) is 6.92 Å². The van der Waals surface area contributed by atoms with Gasteiger partial charge in [0.2, 0.25) is 6.08 Å². The van der Waals surface area contributed by atoms with Gasteiger partial charge in [-0.15, -0.1) is 0 Å². The summed E-state index contributed by atoms with van der Waals surface area (Å²) in [6.07, 6.45) is 0.750. The molecule has 15 heavy (non-hydrogen) atoms. The highest BCUT2D eigenvalue weighted by Crippen LogP contribution is 2.10. The van der Waals surface area contributed by atoms with Crippen molar-refractivity contribution in [3.63, 3.8) is 0 Å². The molecular weight excluding hydrogens is 218 g/mol. The first-order valence-electron chi connectivity index (χ1n) is 4.06. The first-order valence-corrected chi connectivity index (χ1v) is 5.47. The summed E-state index contributed by atoms with van der Waals surface area (Å²) >= 11 is 0. The molecule has 82 valence electrons. The van der Waals surface area contributed by atoms with Crippen molar-refractivity contribution in [2.24, 2.45) is 0 Å². The summed E-state index contributed by atoms with van der Waals surface area (Å²) in [5.74, 6) is 0. The highest BCUT2D eigenvalue weighted by atomic mass is 32.2. The molecule has 0 unspecified atom stereocenters. The van der Waals surface area contributed by atoms with Crippen molar-refractivity contribution in [3.8, 4) is 0 Å². The van der Waals surface area contributed by atoms with Crippen LogP contribution in [0.4, 0.5) is 0 Å². The van der Waals surface area contributed by atoms with Gasteiger partial charge >= 0.3 is 0 Å². The Labute approximate surface area is 88.3 Å². The van der Waals surface area contributed by atoms with Gasteiger partial charge in [-0.3, -0.25) is 4.18 Å². The van der Waals surface area contributed by atoms with Gasteiger partial charge in [-0.1, -0.05) is 18.2 Å². The van der Waals surface area contributed by atoms with E-state index in [4.69, 9.17) is 10.2 Å². The molecule has 0 saturated carbocycles. The summed E-state index contributed by atoms with van der Waals surface area (Å²) in [6.45, 7) is 1.80. The molecule has 0 saturated heterocycles. The number of rotatable bonds is 3. The van der Waals surface area contributed by atoms with Gasteiger partial charge in [0.05, 0.1) is 11.5 Å². The van der Waals surface area contributed by atoms with E-state index in [1.165, 1.54) is 12.1 Å².